The third-order valence-electron chi connectivity index (χ3n) is 2.73. The van der Waals surface area contributed by atoms with E-state index in [2.05, 4.69) is 39.7 Å². The Kier molecular flexibility index (Phi) is 5.14. The molecule has 0 spiro atoms. The topological polar surface area (TPSA) is 79.8 Å². The number of nitrogens with one attached hydrogen (secondary N) is 2. The highest BCUT2D eigenvalue weighted by Gasteiger charge is 2.12. The van der Waals surface area contributed by atoms with Crippen molar-refractivity contribution in [2.24, 2.45) is 0 Å². The highest BCUT2D eigenvalue weighted by molar-refractivity contribution is 7.14. The quantitative estimate of drug-likeness (QED) is 0.853. The number of hydrogen-bond acceptors (Lipinski definition) is 6. The summed E-state index contributed by atoms with van der Waals surface area (Å²) in [5.74, 6) is -0.227. The lowest BCUT2D eigenvalue weighted by Crippen LogP contribution is -2.19. The number of hydrogen-bond donors (Lipinski definition) is 2. The van der Waals surface area contributed by atoms with Crippen LogP contribution in [0.15, 0.2) is 23.8 Å². The molecule has 7 heteroatoms. The van der Waals surface area contributed by atoms with Gasteiger partial charge in [0.2, 0.25) is 0 Å². The molecule has 0 aliphatic rings. The Labute approximate surface area is 121 Å². The molecule has 1 atom stereocenters. The lowest BCUT2D eigenvalue weighted by molar-refractivity contribution is 0.102. The first-order valence-electron chi connectivity index (χ1n) is 6.47. The molecule has 6 nitrogen and oxygen atoms in total. The van der Waals surface area contributed by atoms with Crippen LogP contribution in [0.4, 0.5) is 5.13 Å². The lowest BCUT2D eigenvalue weighted by atomic mass is 10.2. The summed E-state index contributed by atoms with van der Waals surface area (Å²) in [6.45, 7) is 5.13. The Morgan fingerprint density at radius 2 is 2.30 bits per heavy atom. The summed E-state index contributed by atoms with van der Waals surface area (Å²) in [6, 6.07) is 1.79. The lowest BCUT2D eigenvalue weighted by Gasteiger charge is -2.09. The maximum atomic E-state index is 11.9. The molecule has 0 aromatic carbocycles. The summed E-state index contributed by atoms with van der Waals surface area (Å²) in [4.78, 5) is 16.4. The molecule has 1 amide bonds. The molecule has 0 aliphatic carbocycles. The van der Waals surface area contributed by atoms with Gasteiger partial charge < -0.3 is 5.32 Å². The van der Waals surface area contributed by atoms with E-state index in [0.717, 1.165) is 18.7 Å². The Bertz CT molecular complexity index is 557. The van der Waals surface area contributed by atoms with Crippen molar-refractivity contribution >= 4 is 22.4 Å². The smallest absolute Gasteiger partial charge is 0.259 e. The highest BCUT2D eigenvalue weighted by Crippen LogP contribution is 2.21. The van der Waals surface area contributed by atoms with E-state index >= 15 is 0 Å². The molecule has 0 fully saturated rings. The zero-order valence-electron chi connectivity index (χ0n) is 11.5. The Hall–Kier alpha value is -1.86. The third-order valence-corrected chi connectivity index (χ3v) is 3.51. The van der Waals surface area contributed by atoms with E-state index in [-0.39, 0.29) is 11.9 Å². The van der Waals surface area contributed by atoms with Crippen LogP contribution in [0.1, 0.15) is 42.4 Å². The number of carbonyl (C=O) groups is 1. The highest BCUT2D eigenvalue weighted by atomic mass is 32.1. The zero-order chi connectivity index (χ0) is 14.4. The van der Waals surface area contributed by atoms with Crippen LogP contribution in [0.2, 0.25) is 0 Å². The normalized spacial score (nSPS) is 12.1. The van der Waals surface area contributed by atoms with Crippen LogP contribution < -0.4 is 10.6 Å². The van der Waals surface area contributed by atoms with Gasteiger partial charge in [0.1, 0.15) is 0 Å². The van der Waals surface area contributed by atoms with Gasteiger partial charge in [-0.05, 0) is 26.0 Å². The first kappa shape index (κ1) is 14.5. The summed E-state index contributed by atoms with van der Waals surface area (Å²) in [5.41, 5.74) is 1.40. The molecular formula is C13H17N5OS. The molecule has 2 heterocycles. The van der Waals surface area contributed by atoms with Crippen LogP contribution in [0.5, 0.6) is 0 Å². The molecule has 2 rings (SSSR count). The average molecular weight is 291 g/mol. The number of anilines is 1. The molecule has 106 valence electrons. The van der Waals surface area contributed by atoms with Gasteiger partial charge in [-0.25, -0.2) is 4.98 Å². The van der Waals surface area contributed by atoms with E-state index in [1.54, 1.807) is 6.07 Å². The van der Waals surface area contributed by atoms with Gasteiger partial charge >= 0.3 is 0 Å². The number of thiazole rings is 1. The molecule has 0 aliphatic heterocycles. The van der Waals surface area contributed by atoms with Crippen molar-refractivity contribution in [2.75, 3.05) is 11.9 Å². The molecule has 0 saturated carbocycles. The number of carbonyl (C=O) groups excluding carboxylic acids is 1. The van der Waals surface area contributed by atoms with Crippen LogP contribution >= 0.6 is 11.3 Å². The number of rotatable bonds is 6. The van der Waals surface area contributed by atoms with Gasteiger partial charge in [0.25, 0.3) is 5.91 Å². The molecule has 2 N–H and O–H groups in total. The SMILES string of the molecule is CCCNC(C)c1csc(NC(=O)c2ccnnc2)n1. The van der Waals surface area contributed by atoms with Crippen LogP contribution in [-0.4, -0.2) is 27.6 Å². The van der Waals surface area contributed by atoms with Crippen LogP contribution in [-0.2, 0) is 0 Å². The molecule has 2 aromatic heterocycles. The van der Waals surface area contributed by atoms with E-state index in [0.29, 0.717) is 10.7 Å². The predicted molar refractivity (Wildman–Crippen MR) is 78.8 cm³/mol. The monoisotopic (exact) mass is 291 g/mol. The van der Waals surface area contributed by atoms with Gasteiger partial charge in [0, 0.05) is 11.4 Å². The molecule has 2 aromatic rings. The van der Waals surface area contributed by atoms with E-state index < -0.39 is 0 Å². The minimum atomic E-state index is -0.227. The van der Waals surface area contributed by atoms with Crippen molar-refractivity contribution in [1.29, 1.82) is 0 Å². The largest absolute Gasteiger partial charge is 0.309 e. The van der Waals surface area contributed by atoms with E-state index in [9.17, 15) is 4.79 Å². The van der Waals surface area contributed by atoms with Crippen LogP contribution in [0.3, 0.4) is 0 Å². The Morgan fingerprint density at radius 1 is 1.45 bits per heavy atom. The minimum Gasteiger partial charge on any atom is -0.309 e. The first-order valence-corrected chi connectivity index (χ1v) is 7.35. The fourth-order valence-electron chi connectivity index (χ4n) is 1.60. The number of amides is 1. The van der Waals surface area contributed by atoms with Crippen molar-refractivity contribution in [1.82, 2.24) is 20.5 Å². The maximum absolute atomic E-state index is 11.9. The second kappa shape index (κ2) is 7.06. The first-order chi connectivity index (χ1) is 9.70. The number of nitrogens with zero attached hydrogens (tertiary/aromatic N) is 3. The predicted octanol–water partition coefficient (Wildman–Crippen LogP) is 2.25. The molecule has 1 unspecified atom stereocenters. The molecule has 0 radical (unpaired) electrons. The summed E-state index contributed by atoms with van der Waals surface area (Å²) < 4.78 is 0. The Morgan fingerprint density at radius 3 is 3.00 bits per heavy atom. The maximum Gasteiger partial charge on any atom is 0.259 e. The fourth-order valence-corrected chi connectivity index (χ4v) is 2.40. The summed E-state index contributed by atoms with van der Waals surface area (Å²) in [5, 5.41) is 16.0. The van der Waals surface area contributed by atoms with E-state index in [1.807, 2.05) is 5.38 Å². The van der Waals surface area contributed by atoms with E-state index in [4.69, 9.17) is 0 Å². The van der Waals surface area contributed by atoms with Crippen LogP contribution in [0, 0.1) is 0 Å². The van der Waals surface area contributed by atoms with Gasteiger partial charge in [0.05, 0.1) is 23.7 Å². The molecule has 20 heavy (non-hydrogen) atoms. The van der Waals surface area contributed by atoms with Gasteiger partial charge in [-0.2, -0.15) is 10.2 Å². The van der Waals surface area contributed by atoms with Crippen LogP contribution in [0.25, 0.3) is 0 Å². The van der Waals surface area contributed by atoms with Gasteiger partial charge in [0.15, 0.2) is 5.13 Å². The van der Waals surface area contributed by atoms with Crippen molar-refractivity contribution in [3.8, 4) is 0 Å². The molecule has 0 bridgehead atoms. The van der Waals surface area contributed by atoms with Gasteiger partial charge in [-0.1, -0.05) is 6.92 Å². The van der Waals surface area contributed by atoms with Crippen molar-refractivity contribution < 1.29 is 4.79 Å². The number of aromatic nitrogens is 3. The second-order valence-electron chi connectivity index (χ2n) is 4.34. The second-order valence-corrected chi connectivity index (χ2v) is 5.20. The Balaban J connectivity index is 1.97. The van der Waals surface area contributed by atoms with Crippen molar-refractivity contribution in [2.45, 2.75) is 26.3 Å². The third kappa shape index (κ3) is 3.82. The van der Waals surface area contributed by atoms with Gasteiger partial charge in [-0.3, -0.25) is 10.1 Å². The van der Waals surface area contributed by atoms with Crippen molar-refractivity contribution in [3.05, 3.63) is 35.1 Å². The summed E-state index contributed by atoms with van der Waals surface area (Å²) in [6.07, 6.45) is 3.99. The molecular weight excluding hydrogens is 274 g/mol. The molecule has 0 saturated heterocycles. The van der Waals surface area contributed by atoms with Gasteiger partial charge in [-0.15, -0.1) is 11.3 Å². The zero-order valence-corrected chi connectivity index (χ0v) is 12.3. The summed E-state index contributed by atoms with van der Waals surface area (Å²) in [7, 11) is 0. The standard InChI is InChI=1S/C13H17N5OS/c1-3-5-14-9(2)11-8-20-13(17-11)18-12(19)10-4-6-15-16-7-10/h4,6-9,14H,3,5H2,1-2H3,(H,17,18,19). The fraction of sp³-hybridized carbons (Fsp3) is 0.385. The summed E-state index contributed by atoms with van der Waals surface area (Å²) >= 11 is 1.42. The van der Waals surface area contributed by atoms with E-state index in [1.165, 1.54) is 23.7 Å². The average Bonchev–Trinajstić information content (AvgIpc) is 2.94. The minimum absolute atomic E-state index is 0.180. The van der Waals surface area contributed by atoms with Crippen molar-refractivity contribution in [3.63, 3.8) is 0 Å².